The van der Waals surface area contributed by atoms with Crippen molar-refractivity contribution >= 4 is 11.8 Å². The molecule has 0 unspecified atom stereocenters. The molecular weight excluding hydrogens is 412 g/mol. The lowest BCUT2D eigenvalue weighted by molar-refractivity contribution is -0.140. The first-order chi connectivity index (χ1) is 16.0. The Bertz CT molecular complexity index is 1070. The number of likely N-dealkylation sites (N-methyl/N-ethyl adjacent to an activating group) is 1. The van der Waals surface area contributed by atoms with Crippen molar-refractivity contribution in [3.63, 3.8) is 0 Å². The highest BCUT2D eigenvalue weighted by Crippen LogP contribution is 2.19. The molecule has 33 heavy (non-hydrogen) atoms. The molecule has 1 atom stereocenters. The highest BCUT2D eigenvalue weighted by molar-refractivity contribution is 5.88. The quantitative estimate of drug-likeness (QED) is 0.507. The summed E-state index contributed by atoms with van der Waals surface area (Å²) in [6, 6.07) is 24.7. The number of carbonyl (C=O) groups excluding carboxylic acids is 2. The third-order valence-corrected chi connectivity index (χ3v) is 5.55. The second-order valence-corrected chi connectivity index (χ2v) is 8.14. The van der Waals surface area contributed by atoms with E-state index in [1.54, 1.807) is 12.0 Å². The number of hydrogen-bond donors (Lipinski definition) is 1. The van der Waals surface area contributed by atoms with Crippen LogP contribution in [0.4, 0.5) is 0 Å². The van der Waals surface area contributed by atoms with Crippen LogP contribution in [0.2, 0.25) is 0 Å². The van der Waals surface area contributed by atoms with Gasteiger partial charge in [0.2, 0.25) is 11.8 Å². The zero-order chi connectivity index (χ0) is 23.6. The lowest BCUT2D eigenvalue weighted by atomic mass is 10.0. The fourth-order valence-corrected chi connectivity index (χ4v) is 3.91. The first-order valence-corrected chi connectivity index (χ1v) is 11.3. The fraction of sp³-hybridized carbons (Fsp3) is 0.286. The van der Waals surface area contributed by atoms with E-state index < -0.39 is 6.04 Å². The predicted molar refractivity (Wildman–Crippen MR) is 131 cm³/mol. The number of aryl methyl sites for hydroxylation is 1. The molecule has 0 radical (unpaired) electrons. The number of amides is 2. The van der Waals surface area contributed by atoms with Crippen molar-refractivity contribution in [1.29, 1.82) is 0 Å². The van der Waals surface area contributed by atoms with Gasteiger partial charge in [-0.05, 0) is 42.7 Å². The second-order valence-electron chi connectivity index (χ2n) is 8.14. The van der Waals surface area contributed by atoms with E-state index >= 15 is 0 Å². The van der Waals surface area contributed by atoms with Gasteiger partial charge in [0, 0.05) is 19.5 Å². The van der Waals surface area contributed by atoms with Crippen LogP contribution in [0, 0.1) is 6.92 Å². The maximum atomic E-state index is 13.6. The van der Waals surface area contributed by atoms with E-state index in [0.717, 1.165) is 28.0 Å². The van der Waals surface area contributed by atoms with Crippen LogP contribution < -0.4 is 10.1 Å². The fourth-order valence-electron chi connectivity index (χ4n) is 3.91. The Morgan fingerprint density at radius 2 is 1.61 bits per heavy atom. The van der Waals surface area contributed by atoms with Crippen molar-refractivity contribution in [2.75, 3.05) is 13.7 Å². The molecule has 0 bridgehead atoms. The summed E-state index contributed by atoms with van der Waals surface area (Å²) in [6.07, 6.45) is 0.673. The number of benzene rings is 3. The van der Waals surface area contributed by atoms with Gasteiger partial charge in [-0.25, -0.2) is 0 Å². The third-order valence-electron chi connectivity index (χ3n) is 5.55. The summed E-state index contributed by atoms with van der Waals surface area (Å²) >= 11 is 0. The van der Waals surface area contributed by atoms with Crippen LogP contribution in [-0.2, 0) is 29.0 Å². The van der Waals surface area contributed by atoms with Gasteiger partial charge in [0.05, 0.1) is 13.5 Å². The summed E-state index contributed by atoms with van der Waals surface area (Å²) in [7, 11) is 1.62. The molecule has 0 heterocycles. The van der Waals surface area contributed by atoms with Crippen molar-refractivity contribution in [2.45, 2.75) is 39.3 Å². The molecule has 0 aliphatic heterocycles. The van der Waals surface area contributed by atoms with Crippen LogP contribution in [0.5, 0.6) is 5.75 Å². The van der Waals surface area contributed by atoms with Crippen LogP contribution in [0.3, 0.4) is 0 Å². The van der Waals surface area contributed by atoms with E-state index in [1.807, 2.05) is 92.7 Å². The van der Waals surface area contributed by atoms with E-state index in [4.69, 9.17) is 4.74 Å². The zero-order valence-electron chi connectivity index (χ0n) is 19.6. The molecule has 2 amide bonds. The van der Waals surface area contributed by atoms with Gasteiger partial charge < -0.3 is 15.0 Å². The largest absolute Gasteiger partial charge is 0.497 e. The number of methoxy groups -OCH3 is 1. The lowest BCUT2D eigenvalue weighted by Crippen LogP contribution is -2.50. The third kappa shape index (κ3) is 6.94. The van der Waals surface area contributed by atoms with Gasteiger partial charge in [-0.15, -0.1) is 0 Å². The molecular formula is C28H32N2O3. The molecule has 0 fully saturated rings. The van der Waals surface area contributed by atoms with Crippen molar-refractivity contribution in [3.8, 4) is 5.75 Å². The van der Waals surface area contributed by atoms with E-state index in [2.05, 4.69) is 5.32 Å². The standard InChI is InChI=1S/C28H32N2O3/c1-4-29-28(32)26(18-22-11-6-5-7-12-22)30(20-24-14-9-15-25(17-24)33-3)27(31)19-23-13-8-10-21(2)16-23/h5-17,26H,4,18-20H2,1-3H3,(H,29,32)/t26-/m0/s1. The molecule has 0 saturated heterocycles. The Labute approximate surface area is 196 Å². The van der Waals surface area contributed by atoms with Gasteiger partial charge in [0.25, 0.3) is 0 Å². The molecule has 3 aromatic carbocycles. The van der Waals surface area contributed by atoms with E-state index in [1.165, 1.54) is 0 Å². The molecule has 3 aromatic rings. The summed E-state index contributed by atoms with van der Waals surface area (Å²) in [6.45, 7) is 4.72. The number of rotatable bonds is 10. The summed E-state index contributed by atoms with van der Waals surface area (Å²) in [5.74, 6) is 0.480. The monoisotopic (exact) mass is 444 g/mol. The van der Waals surface area contributed by atoms with Crippen molar-refractivity contribution in [1.82, 2.24) is 10.2 Å². The number of hydrogen-bond acceptors (Lipinski definition) is 3. The smallest absolute Gasteiger partial charge is 0.243 e. The number of carbonyl (C=O) groups is 2. The Morgan fingerprint density at radius 1 is 0.909 bits per heavy atom. The minimum atomic E-state index is -0.629. The van der Waals surface area contributed by atoms with Gasteiger partial charge in [-0.1, -0.05) is 72.3 Å². The number of ether oxygens (including phenoxy) is 1. The molecule has 1 N–H and O–H groups in total. The molecule has 5 heteroatoms. The first kappa shape index (κ1) is 24.1. The highest BCUT2D eigenvalue weighted by atomic mass is 16.5. The summed E-state index contributed by atoms with van der Waals surface area (Å²) < 4.78 is 5.37. The van der Waals surface area contributed by atoms with Gasteiger partial charge >= 0.3 is 0 Å². The topological polar surface area (TPSA) is 58.6 Å². The molecule has 0 aliphatic rings. The van der Waals surface area contributed by atoms with E-state index in [9.17, 15) is 9.59 Å². The second kappa shape index (κ2) is 11.9. The SMILES string of the molecule is CCNC(=O)[C@H](Cc1ccccc1)N(Cc1cccc(OC)c1)C(=O)Cc1cccc(C)c1. The number of nitrogens with zero attached hydrogens (tertiary/aromatic N) is 1. The summed E-state index contributed by atoms with van der Waals surface area (Å²) in [4.78, 5) is 28.5. The highest BCUT2D eigenvalue weighted by Gasteiger charge is 2.30. The van der Waals surface area contributed by atoms with Crippen molar-refractivity contribution in [3.05, 3.63) is 101 Å². The first-order valence-electron chi connectivity index (χ1n) is 11.3. The number of nitrogens with one attached hydrogen (secondary N) is 1. The Hall–Kier alpha value is -3.60. The molecule has 3 rings (SSSR count). The maximum Gasteiger partial charge on any atom is 0.243 e. The Balaban J connectivity index is 1.96. The van der Waals surface area contributed by atoms with Gasteiger partial charge in [0.1, 0.15) is 11.8 Å². The van der Waals surface area contributed by atoms with E-state index in [-0.39, 0.29) is 18.2 Å². The average molecular weight is 445 g/mol. The van der Waals surface area contributed by atoms with Crippen molar-refractivity contribution < 1.29 is 14.3 Å². The van der Waals surface area contributed by atoms with Crippen LogP contribution in [0.15, 0.2) is 78.9 Å². The molecule has 5 nitrogen and oxygen atoms in total. The van der Waals surface area contributed by atoms with Gasteiger partial charge in [-0.3, -0.25) is 9.59 Å². The van der Waals surface area contributed by atoms with Crippen molar-refractivity contribution in [2.24, 2.45) is 0 Å². The maximum absolute atomic E-state index is 13.6. The minimum absolute atomic E-state index is 0.0874. The lowest BCUT2D eigenvalue weighted by Gasteiger charge is -2.31. The average Bonchev–Trinajstić information content (AvgIpc) is 2.82. The van der Waals surface area contributed by atoms with Gasteiger partial charge in [0.15, 0.2) is 0 Å². The minimum Gasteiger partial charge on any atom is -0.497 e. The van der Waals surface area contributed by atoms with Crippen LogP contribution in [-0.4, -0.2) is 36.4 Å². The molecule has 172 valence electrons. The van der Waals surface area contributed by atoms with Crippen LogP contribution in [0.1, 0.15) is 29.2 Å². The molecule has 0 saturated carbocycles. The Kier molecular flexibility index (Phi) is 8.64. The predicted octanol–water partition coefficient (Wildman–Crippen LogP) is 4.32. The molecule has 0 aromatic heterocycles. The van der Waals surface area contributed by atoms with Crippen LogP contribution >= 0.6 is 0 Å². The summed E-state index contributed by atoms with van der Waals surface area (Å²) in [5, 5.41) is 2.93. The zero-order valence-corrected chi connectivity index (χ0v) is 19.6. The van der Waals surface area contributed by atoms with Crippen LogP contribution in [0.25, 0.3) is 0 Å². The Morgan fingerprint density at radius 3 is 2.30 bits per heavy atom. The normalized spacial score (nSPS) is 11.5. The molecule has 0 spiro atoms. The molecule has 0 aliphatic carbocycles. The summed E-state index contributed by atoms with van der Waals surface area (Å²) in [5.41, 5.74) is 3.95. The van der Waals surface area contributed by atoms with Gasteiger partial charge in [-0.2, -0.15) is 0 Å². The van der Waals surface area contributed by atoms with E-state index in [0.29, 0.717) is 19.5 Å².